The number of benzene rings is 1. The summed E-state index contributed by atoms with van der Waals surface area (Å²) in [5.74, 6) is 0. The van der Waals surface area contributed by atoms with Crippen LogP contribution in [0, 0.1) is 0 Å². The first kappa shape index (κ1) is 18.0. The van der Waals surface area contributed by atoms with E-state index in [2.05, 4.69) is 71.0 Å². The van der Waals surface area contributed by atoms with E-state index in [1.54, 1.807) is 0 Å². The van der Waals surface area contributed by atoms with Crippen molar-refractivity contribution in [1.82, 2.24) is 0 Å². The van der Waals surface area contributed by atoms with Crippen LogP contribution in [0.15, 0.2) is 30.3 Å². The molecule has 0 atom stereocenters. The van der Waals surface area contributed by atoms with Gasteiger partial charge in [0.25, 0.3) is 0 Å². The Hall–Kier alpha value is -1.08. The first-order valence-corrected chi connectivity index (χ1v) is 8.28. The highest BCUT2D eigenvalue weighted by molar-refractivity contribution is 5.51. The van der Waals surface area contributed by atoms with E-state index in [0.717, 1.165) is 13.0 Å². The molecule has 21 heavy (non-hydrogen) atoms. The summed E-state index contributed by atoms with van der Waals surface area (Å²) in [5.41, 5.74) is 2.93. The maximum atomic E-state index is 5.54. The standard InChI is InChI=1S/C20H32O/c1-17(2)21-15-10-8-6-7-9-12-18-13-11-14-19(16-18)20(3,4)5/h9,11-14,16-17H,6-8,10,15H2,1-5H3. The molecule has 0 unspecified atom stereocenters. The van der Waals surface area contributed by atoms with Crippen molar-refractivity contribution in [3.05, 3.63) is 41.5 Å². The normalized spacial score (nSPS) is 12.5. The fourth-order valence-electron chi connectivity index (χ4n) is 2.19. The monoisotopic (exact) mass is 288 g/mol. The Bertz CT molecular complexity index is 424. The van der Waals surface area contributed by atoms with Gasteiger partial charge in [0.05, 0.1) is 6.10 Å². The van der Waals surface area contributed by atoms with Crippen LogP contribution in [0.5, 0.6) is 0 Å². The number of allylic oxidation sites excluding steroid dienone is 1. The van der Waals surface area contributed by atoms with Gasteiger partial charge in [-0.2, -0.15) is 0 Å². The molecular weight excluding hydrogens is 256 g/mol. The second-order valence-corrected chi connectivity index (χ2v) is 7.05. The van der Waals surface area contributed by atoms with Gasteiger partial charge in [-0.05, 0) is 49.7 Å². The highest BCUT2D eigenvalue weighted by atomic mass is 16.5. The Morgan fingerprint density at radius 2 is 1.86 bits per heavy atom. The van der Waals surface area contributed by atoms with Crippen molar-refractivity contribution in [2.24, 2.45) is 0 Å². The predicted molar refractivity (Wildman–Crippen MR) is 93.7 cm³/mol. The van der Waals surface area contributed by atoms with Crippen LogP contribution in [0.3, 0.4) is 0 Å². The fraction of sp³-hybridized carbons (Fsp3) is 0.600. The second kappa shape index (κ2) is 9.04. The van der Waals surface area contributed by atoms with Crippen molar-refractivity contribution in [2.45, 2.75) is 71.8 Å². The molecule has 0 aliphatic carbocycles. The first-order valence-electron chi connectivity index (χ1n) is 8.28. The maximum Gasteiger partial charge on any atom is 0.0518 e. The van der Waals surface area contributed by atoms with Crippen LogP contribution in [-0.4, -0.2) is 12.7 Å². The van der Waals surface area contributed by atoms with Crippen LogP contribution >= 0.6 is 0 Å². The Kier molecular flexibility index (Phi) is 7.74. The molecule has 1 aromatic rings. The molecule has 0 spiro atoms. The molecule has 1 aromatic carbocycles. The third kappa shape index (κ3) is 8.06. The lowest BCUT2D eigenvalue weighted by Gasteiger charge is -2.19. The molecule has 0 aliphatic heterocycles. The van der Waals surface area contributed by atoms with Gasteiger partial charge in [0, 0.05) is 6.61 Å². The average molecular weight is 288 g/mol. The molecule has 118 valence electrons. The Morgan fingerprint density at radius 3 is 2.52 bits per heavy atom. The minimum atomic E-state index is 0.222. The molecule has 0 N–H and O–H groups in total. The molecule has 0 saturated heterocycles. The van der Waals surface area contributed by atoms with Crippen LogP contribution in [0.25, 0.3) is 6.08 Å². The Balaban J connectivity index is 2.28. The van der Waals surface area contributed by atoms with Gasteiger partial charge in [-0.15, -0.1) is 0 Å². The third-order valence-electron chi connectivity index (χ3n) is 3.53. The van der Waals surface area contributed by atoms with Crippen LogP contribution in [0.4, 0.5) is 0 Å². The molecule has 1 heteroatoms. The van der Waals surface area contributed by atoms with Gasteiger partial charge in [-0.1, -0.05) is 63.6 Å². The van der Waals surface area contributed by atoms with Gasteiger partial charge in [-0.25, -0.2) is 0 Å². The van der Waals surface area contributed by atoms with Crippen LogP contribution in [0.1, 0.15) is 71.4 Å². The number of hydrogen-bond acceptors (Lipinski definition) is 1. The fourth-order valence-corrected chi connectivity index (χ4v) is 2.19. The second-order valence-electron chi connectivity index (χ2n) is 7.05. The van der Waals surface area contributed by atoms with E-state index in [1.165, 1.54) is 30.4 Å². The van der Waals surface area contributed by atoms with Gasteiger partial charge in [0.1, 0.15) is 0 Å². The summed E-state index contributed by atoms with van der Waals surface area (Å²) in [4.78, 5) is 0. The minimum Gasteiger partial charge on any atom is -0.379 e. The zero-order chi connectivity index (χ0) is 15.7. The third-order valence-corrected chi connectivity index (χ3v) is 3.53. The van der Waals surface area contributed by atoms with E-state index in [0.29, 0.717) is 6.10 Å². The highest BCUT2D eigenvalue weighted by Crippen LogP contribution is 2.23. The van der Waals surface area contributed by atoms with Gasteiger partial charge in [0.15, 0.2) is 0 Å². The van der Waals surface area contributed by atoms with E-state index in [-0.39, 0.29) is 5.41 Å². The summed E-state index contributed by atoms with van der Waals surface area (Å²) >= 11 is 0. The topological polar surface area (TPSA) is 9.23 Å². The lowest BCUT2D eigenvalue weighted by Crippen LogP contribution is -2.10. The van der Waals surface area contributed by atoms with E-state index < -0.39 is 0 Å². The smallest absolute Gasteiger partial charge is 0.0518 e. The summed E-state index contributed by atoms with van der Waals surface area (Å²) in [6.07, 6.45) is 9.73. The quantitative estimate of drug-likeness (QED) is 0.534. The average Bonchev–Trinajstić information content (AvgIpc) is 2.41. The minimum absolute atomic E-state index is 0.222. The SMILES string of the molecule is CC(C)OCCCCCC=Cc1cccc(C(C)(C)C)c1. The largest absolute Gasteiger partial charge is 0.379 e. The van der Waals surface area contributed by atoms with E-state index >= 15 is 0 Å². The van der Waals surface area contributed by atoms with E-state index in [9.17, 15) is 0 Å². The highest BCUT2D eigenvalue weighted by Gasteiger charge is 2.12. The molecule has 0 fully saturated rings. The van der Waals surface area contributed by atoms with Gasteiger partial charge in [-0.3, -0.25) is 0 Å². The predicted octanol–water partition coefficient (Wildman–Crippen LogP) is 5.98. The van der Waals surface area contributed by atoms with Gasteiger partial charge < -0.3 is 4.74 Å². The van der Waals surface area contributed by atoms with Crippen molar-refractivity contribution in [1.29, 1.82) is 0 Å². The van der Waals surface area contributed by atoms with Crippen molar-refractivity contribution >= 4 is 6.08 Å². The molecule has 0 bridgehead atoms. The Labute approximate surface area is 131 Å². The van der Waals surface area contributed by atoms with Crippen molar-refractivity contribution in [3.63, 3.8) is 0 Å². The lowest BCUT2D eigenvalue weighted by molar-refractivity contribution is 0.0758. The first-order chi connectivity index (χ1) is 9.89. The summed E-state index contributed by atoms with van der Waals surface area (Å²) in [7, 11) is 0. The van der Waals surface area contributed by atoms with Crippen molar-refractivity contribution < 1.29 is 4.74 Å². The van der Waals surface area contributed by atoms with E-state index in [1.807, 2.05) is 0 Å². The summed E-state index contributed by atoms with van der Waals surface area (Å²) in [6.45, 7) is 11.9. The van der Waals surface area contributed by atoms with Crippen molar-refractivity contribution in [3.8, 4) is 0 Å². The van der Waals surface area contributed by atoms with Crippen LogP contribution in [0.2, 0.25) is 0 Å². The van der Waals surface area contributed by atoms with Crippen LogP contribution < -0.4 is 0 Å². The molecule has 0 radical (unpaired) electrons. The number of ether oxygens (including phenoxy) is 1. The molecule has 0 aromatic heterocycles. The van der Waals surface area contributed by atoms with Crippen molar-refractivity contribution in [2.75, 3.05) is 6.61 Å². The summed E-state index contributed by atoms with van der Waals surface area (Å²) < 4.78 is 5.54. The van der Waals surface area contributed by atoms with E-state index in [4.69, 9.17) is 4.74 Å². The molecule has 0 amide bonds. The zero-order valence-corrected chi connectivity index (χ0v) is 14.5. The zero-order valence-electron chi connectivity index (χ0n) is 14.5. The lowest BCUT2D eigenvalue weighted by atomic mass is 9.86. The number of rotatable bonds is 8. The molecule has 0 saturated carbocycles. The number of hydrogen-bond donors (Lipinski definition) is 0. The van der Waals surface area contributed by atoms with Gasteiger partial charge >= 0.3 is 0 Å². The molecule has 0 heterocycles. The molecule has 1 rings (SSSR count). The molecule has 1 nitrogen and oxygen atoms in total. The van der Waals surface area contributed by atoms with Gasteiger partial charge in [0.2, 0.25) is 0 Å². The maximum absolute atomic E-state index is 5.54. The Morgan fingerprint density at radius 1 is 1.10 bits per heavy atom. The summed E-state index contributed by atoms with van der Waals surface area (Å²) in [5, 5.41) is 0. The molecule has 0 aliphatic rings. The van der Waals surface area contributed by atoms with Crippen LogP contribution in [-0.2, 0) is 10.2 Å². The number of unbranched alkanes of at least 4 members (excludes halogenated alkanes) is 3. The summed E-state index contributed by atoms with van der Waals surface area (Å²) in [6, 6.07) is 8.85. The molecular formula is C20H32O.